The van der Waals surface area contributed by atoms with Crippen molar-refractivity contribution in [3.63, 3.8) is 0 Å². The fourth-order valence-corrected chi connectivity index (χ4v) is 2.47. The Morgan fingerprint density at radius 3 is 2.70 bits per heavy atom. The minimum Gasteiger partial charge on any atom is -0.444 e. The van der Waals surface area contributed by atoms with Crippen LogP contribution in [-0.4, -0.2) is 46.4 Å². The molecule has 1 fully saturated rings. The number of carbonyl (C=O) groups is 1. The normalized spacial score (nSPS) is 22.1. The van der Waals surface area contributed by atoms with Crippen molar-refractivity contribution in [3.05, 3.63) is 10.4 Å². The van der Waals surface area contributed by atoms with Crippen molar-refractivity contribution in [1.82, 2.24) is 4.90 Å². The van der Waals surface area contributed by atoms with Gasteiger partial charge in [0.1, 0.15) is 5.60 Å². The highest BCUT2D eigenvalue weighted by molar-refractivity contribution is 5.69. The van der Waals surface area contributed by atoms with E-state index in [1.165, 1.54) is 0 Å². The zero-order valence-electron chi connectivity index (χ0n) is 12.7. The number of likely N-dealkylation sites (tertiary alicyclic amines) is 1. The van der Waals surface area contributed by atoms with Crippen LogP contribution in [-0.2, 0) is 4.74 Å². The molecule has 0 aromatic rings. The van der Waals surface area contributed by atoms with E-state index in [1.54, 1.807) is 4.90 Å². The van der Waals surface area contributed by atoms with E-state index in [0.717, 1.165) is 6.42 Å². The van der Waals surface area contributed by atoms with Crippen LogP contribution in [0.15, 0.2) is 5.11 Å². The monoisotopic (exact) mass is 284 g/mol. The van der Waals surface area contributed by atoms with Gasteiger partial charge >= 0.3 is 6.09 Å². The van der Waals surface area contributed by atoms with E-state index in [4.69, 9.17) is 10.3 Å². The summed E-state index contributed by atoms with van der Waals surface area (Å²) >= 11 is 0. The Labute approximate surface area is 119 Å². The highest BCUT2D eigenvalue weighted by Gasteiger charge is 2.44. The van der Waals surface area contributed by atoms with Crippen LogP contribution >= 0.6 is 0 Å². The summed E-state index contributed by atoms with van der Waals surface area (Å²) in [7, 11) is 0. The zero-order valence-corrected chi connectivity index (χ0v) is 12.7. The first-order chi connectivity index (χ1) is 9.23. The summed E-state index contributed by atoms with van der Waals surface area (Å²) in [5.74, 6) is 0. The van der Waals surface area contributed by atoms with Gasteiger partial charge in [0.15, 0.2) is 0 Å². The van der Waals surface area contributed by atoms with Gasteiger partial charge in [0.25, 0.3) is 0 Å². The number of nitrogens with zero attached hydrogens (tertiary/aromatic N) is 4. The Morgan fingerprint density at radius 2 is 2.20 bits per heavy atom. The molecule has 2 atom stereocenters. The quantitative estimate of drug-likeness (QED) is 0.488. The molecule has 1 N–H and O–H groups in total. The molecule has 7 heteroatoms. The third-order valence-corrected chi connectivity index (χ3v) is 3.52. The number of rotatable bonds is 4. The molecule has 1 aliphatic heterocycles. The average molecular weight is 284 g/mol. The topological polar surface area (TPSA) is 98.5 Å². The standard InChI is InChI=1S/C13H24N4O3/c1-5-13(19,9-15-16-14)10-7-6-8-17(10)11(18)20-12(2,3)4/h10,19H,5-9H2,1-4H3. The Bertz CT molecular complexity index is 401. The summed E-state index contributed by atoms with van der Waals surface area (Å²) in [4.78, 5) is 16.5. The highest BCUT2D eigenvalue weighted by atomic mass is 16.6. The second kappa shape index (κ2) is 6.33. The number of ether oxygens (including phenoxy) is 1. The third-order valence-electron chi connectivity index (χ3n) is 3.52. The van der Waals surface area contributed by atoms with Gasteiger partial charge in [-0.05, 0) is 45.6 Å². The molecule has 0 spiro atoms. The van der Waals surface area contributed by atoms with Crippen molar-refractivity contribution in [1.29, 1.82) is 0 Å². The smallest absolute Gasteiger partial charge is 0.410 e. The minimum atomic E-state index is -1.19. The number of hydrogen-bond donors (Lipinski definition) is 1. The maximum absolute atomic E-state index is 12.2. The van der Waals surface area contributed by atoms with E-state index in [2.05, 4.69) is 10.0 Å². The zero-order chi connectivity index (χ0) is 15.4. The third kappa shape index (κ3) is 4.02. The Kier molecular flexibility index (Phi) is 5.25. The van der Waals surface area contributed by atoms with E-state index < -0.39 is 17.3 Å². The van der Waals surface area contributed by atoms with Gasteiger partial charge in [-0.3, -0.25) is 0 Å². The van der Waals surface area contributed by atoms with Crippen LogP contribution in [0.5, 0.6) is 0 Å². The van der Waals surface area contributed by atoms with E-state index in [0.29, 0.717) is 19.4 Å². The van der Waals surface area contributed by atoms with E-state index >= 15 is 0 Å². The van der Waals surface area contributed by atoms with Crippen LogP contribution in [0.4, 0.5) is 4.79 Å². The molecule has 7 nitrogen and oxygen atoms in total. The summed E-state index contributed by atoms with van der Waals surface area (Å²) in [5.41, 5.74) is 6.67. The first kappa shape index (κ1) is 16.6. The maximum Gasteiger partial charge on any atom is 0.410 e. The van der Waals surface area contributed by atoms with Gasteiger partial charge in [-0.2, -0.15) is 0 Å². The number of hydrogen-bond acceptors (Lipinski definition) is 4. The first-order valence-corrected chi connectivity index (χ1v) is 6.96. The summed E-state index contributed by atoms with van der Waals surface area (Å²) in [6.07, 6.45) is 1.48. The van der Waals surface area contributed by atoms with Crippen LogP contribution in [0.3, 0.4) is 0 Å². The van der Waals surface area contributed by atoms with E-state index in [9.17, 15) is 9.90 Å². The predicted molar refractivity (Wildman–Crippen MR) is 75.2 cm³/mol. The molecule has 0 aromatic carbocycles. The summed E-state index contributed by atoms with van der Waals surface area (Å²) in [6, 6.07) is -0.368. The molecule has 114 valence electrons. The lowest BCUT2D eigenvalue weighted by molar-refractivity contribution is -0.0407. The van der Waals surface area contributed by atoms with Crippen molar-refractivity contribution in [2.24, 2.45) is 5.11 Å². The summed E-state index contributed by atoms with van der Waals surface area (Å²) < 4.78 is 5.37. The van der Waals surface area contributed by atoms with Crippen LogP contribution in [0, 0.1) is 0 Å². The van der Waals surface area contributed by atoms with Crippen molar-refractivity contribution in [3.8, 4) is 0 Å². The molecule has 0 radical (unpaired) electrons. The lowest BCUT2D eigenvalue weighted by Crippen LogP contribution is -2.54. The van der Waals surface area contributed by atoms with Gasteiger partial charge in [0, 0.05) is 11.5 Å². The average Bonchev–Trinajstić information content (AvgIpc) is 2.83. The van der Waals surface area contributed by atoms with Crippen LogP contribution in [0.2, 0.25) is 0 Å². The molecule has 1 heterocycles. The molecule has 0 saturated carbocycles. The molecular formula is C13H24N4O3. The Balaban J connectivity index is 2.87. The lowest BCUT2D eigenvalue weighted by atomic mass is 9.89. The molecule has 1 aliphatic rings. The van der Waals surface area contributed by atoms with Gasteiger partial charge in [-0.1, -0.05) is 12.0 Å². The molecule has 20 heavy (non-hydrogen) atoms. The van der Waals surface area contributed by atoms with Gasteiger partial charge in [0.2, 0.25) is 0 Å². The molecule has 2 unspecified atom stereocenters. The number of carbonyl (C=O) groups excluding carboxylic acids is 1. The largest absolute Gasteiger partial charge is 0.444 e. The second-order valence-corrected chi connectivity index (χ2v) is 6.18. The van der Waals surface area contributed by atoms with Gasteiger partial charge in [-0.25, -0.2) is 4.79 Å². The van der Waals surface area contributed by atoms with Gasteiger partial charge in [0.05, 0.1) is 18.2 Å². The fourth-order valence-electron chi connectivity index (χ4n) is 2.47. The molecule has 0 aliphatic carbocycles. The molecule has 0 aromatic heterocycles. The SMILES string of the molecule is CCC(O)(CN=[N+]=[N-])C1CCCN1C(=O)OC(C)(C)C. The summed E-state index contributed by atoms with van der Waals surface area (Å²) in [6.45, 7) is 7.76. The number of azide groups is 1. The van der Waals surface area contributed by atoms with Crippen molar-refractivity contribution in [2.45, 2.75) is 64.2 Å². The van der Waals surface area contributed by atoms with Crippen LogP contribution in [0.25, 0.3) is 10.4 Å². The maximum atomic E-state index is 12.2. The van der Waals surface area contributed by atoms with Crippen molar-refractivity contribution in [2.75, 3.05) is 13.1 Å². The first-order valence-electron chi connectivity index (χ1n) is 6.96. The lowest BCUT2D eigenvalue weighted by Gasteiger charge is -2.38. The van der Waals surface area contributed by atoms with Gasteiger partial charge < -0.3 is 14.7 Å². The highest BCUT2D eigenvalue weighted by Crippen LogP contribution is 2.31. The fraction of sp³-hybridized carbons (Fsp3) is 0.923. The minimum absolute atomic E-state index is 0.0377. The van der Waals surface area contributed by atoms with E-state index in [-0.39, 0.29) is 12.6 Å². The molecular weight excluding hydrogens is 260 g/mol. The second-order valence-electron chi connectivity index (χ2n) is 6.18. The van der Waals surface area contributed by atoms with Gasteiger partial charge in [-0.15, -0.1) is 0 Å². The number of aliphatic hydroxyl groups is 1. The summed E-state index contributed by atoms with van der Waals surface area (Å²) in [5, 5.41) is 14.1. The van der Waals surface area contributed by atoms with Crippen molar-refractivity contribution < 1.29 is 14.6 Å². The van der Waals surface area contributed by atoms with Crippen LogP contribution in [0.1, 0.15) is 47.0 Å². The Morgan fingerprint density at radius 1 is 1.55 bits per heavy atom. The van der Waals surface area contributed by atoms with Crippen molar-refractivity contribution >= 4 is 6.09 Å². The molecule has 0 bridgehead atoms. The Hall–Kier alpha value is -1.46. The molecule has 1 rings (SSSR count). The number of amides is 1. The van der Waals surface area contributed by atoms with Crippen LogP contribution < -0.4 is 0 Å². The molecule has 1 saturated heterocycles. The molecule has 1 amide bonds. The van der Waals surface area contributed by atoms with E-state index in [1.807, 2.05) is 27.7 Å². The predicted octanol–water partition coefficient (Wildman–Crippen LogP) is 2.84.